The summed E-state index contributed by atoms with van der Waals surface area (Å²) in [6, 6.07) is 13.6. The highest BCUT2D eigenvalue weighted by Gasteiger charge is 2.12. The van der Waals surface area contributed by atoms with Gasteiger partial charge in [-0.05, 0) is 47.5 Å². The Balaban J connectivity index is 1.80. The number of rotatable bonds is 4. The minimum absolute atomic E-state index is 0.109. The summed E-state index contributed by atoms with van der Waals surface area (Å²) in [7, 11) is 1.65. The van der Waals surface area contributed by atoms with Crippen LogP contribution in [0.1, 0.15) is 28.9 Å². The number of carbonyl (C=O) groups is 1. The fourth-order valence-corrected chi connectivity index (χ4v) is 2.43. The maximum absolute atomic E-state index is 12.2. The molecule has 0 spiro atoms. The van der Waals surface area contributed by atoms with E-state index in [9.17, 15) is 4.79 Å². The summed E-state index contributed by atoms with van der Waals surface area (Å²) in [5.41, 5.74) is 1.54. The third-order valence-electron chi connectivity index (χ3n) is 3.77. The van der Waals surface area contributed by atoms with Crippen molar-refractivity contribution in [2.75, 3.05) is 7.11 Å². The third-order valence-corrected chi connectivity index (χ3v) is 3.77. The zero-order valence-electron chi connectivity index (χ0n) is 13.0. The molecule has 3 rings (SSSR count). The molecule has 0 aliphatic rings. The lowest BCUT2D eigenvalue weighted by atomic mass is 10.0. The van der Waals surface area contributed by atoms with Crippen LogP contribution in [0.15, 0.2) is 54.9 Å². The van der Waals surface area contributed by atoms with Crippen LogP contribution in [-0.4, -0.2) is 23.2 Å². The van der Waals surface area contributed by atoms with Crippen LogP contribution in [0.5, 0.6) is 5.75 Å². The summed E-state index contributed by atoms with van der Waals surface area (Å²) in [6.07, 6.45) is 2.96. The van der Waals surface area contributed by atoms with Gasteiger partial charge in [-0.15, -0.1) is 0 Å². The second-order valence-electron chi connectivity index (χ2n) is 5.30. The monoisotopic (exact) mass is 307 g/mol. The number of fused-ring (bicyclic) bond motifs is 1. The number of benzene rings is 2. The molecule has 1 aromatic heterocycles. The quantitative estimate of drug-likeness (QED) is 0.804. The largest absolute Gasteiger partial charge is 0.497 e. The van der Waals surface area contributed by atoms with E-state index in [0.29, 0.717) is 5.56 Å². The lowest BCUT2D eigenvalue weighted by Crippen LogP contribution is -2.26. The molecule has 23 heavy (non-hydrogen) atoms. The van der Waals surface area contributed by atoms with Crippen LogP contribution in [-0.2, 0) is 0 Å². The highest BCUT2D eigenvalue weighted by atomic mass is 16.5. The van der Waals surface area contributed by atoms with Crippen LogP contribution in [0.3, 0.4) is 0 Å². The van der Waals surface area contributed by atoms with Gasteiger partial charge in [-0.25, -0.2) is 0 Å². The van der Waals surface area contributed by atoms with Gasteiger partial charge >= 0.3 is 0 Å². The van der Waals surface area contributed by atoms with E-state index >= 15 is 0 Å². The molecule has 0 fully saturated rings. The summed E-state index contributed by atoms with van der Waals surface area (Å²) < 4.78 is 5.23. The highest BCUT2D eigenvalue weighted by molar-refractivity contribution is 5.94. The number of aromatic nitrogens is 2. The van der Waals surface area contributed by atoms with Crippen molar-refractivity contribution < 1.29 is 9.53 Å². The van der Waals surface area contributed by atoms with Gasteiger partial charge in [0, 0.05) is 0 Å². The van der Waals surface area contributed by atoms with Crippen LogP contribution in [0.25, 0.3) is 10.8 Å². The Morgan fingerprint density at radius 3 is 2.61 bits per heavy atom. The first-order valence-corrected chi connectivity index (χ1v) is 7.32. The zero-order valence-corrected chi connectivity index (χ0v) is 13.0. The second kappa shape index (κ2) is 6.44. The van der Waals surface area contributed by atoms with E-state index in [0.717, 1.165) is 22.1 Å². The zero-order chi connectivity index (χ0) is 16.2. The van der Waals surface area contributed by atoms with Crippen molar-refractivity contribution in [3.63, 3.8) is 0 Å². The number of methoxy groups -OCH3 is 1. The molecule has 5 nitrogen and oxygen atoms in total. The summed E-state index contributed by atoms with van der Waals surface area (Å²) in [5.74, 6) is 0.666. The van der Waals surface area contributed by atoms with Gasteiger partial charge in [-0.3, -0.25) is 4.79 Å². The molecule has 0 saturated heterocycles. The second-order valence-corrected chi connectivity index (χ2v) is 5.30. The Morgan fingerprint density at radius 2 is 1.87 bits per heavy atom. The summed E-state index contributed by atoms with van der Waals surface area (Å²) >= 11 is 0. The van der Waals surface area contributed by atoms with Crippen molar-refractivity contribution >= 4 is 16.7 Å². The first kappa shape index (κ1) is 15.0. The Bertz CT molecular complexity index is 834. The lowest BCUT2D eigenvalue weighted by molar-refractivity contribution is 0.0939. The van der Waals surface area contributed by atoms with Gasteiger partial charge in [0.05, 0.1) is 31.1 Å². The van der Waals surface area contributed by atoms with E-state index in [1.165, 1.54) is 12.4 Å². The van der Waals surface area contributed by atoms with E-state index in [-0.39, 0.29) is 11.9 Å². The lowest BCUT2D eigenvalue weighted by Gasteiger charge is -2.15. The maximum Gasteiger partial charge on any atom is 0.253 e. The van der Waals surface area contributed by atoms with Crippen molar-refractivity contribution in [3.8, 4) is 5.75 Å². The topological polar surface area (TPSA) is 64.1 Å². The van der Waals surface area contributed by atoms with Crippen molar-refractivity contribution in [2.45, 2.75) is 13.0 Å². The SMILES string of the molecule is COc1ccc2cc([C@@H](C)NC(=O)c3ccnnc3)ccc2c1. The van der Waals surface area contributed by atoms with Crippen molar-refractivity contribution in [1.29, 1.82) is 0 Å². The molecule has 1 N–H and O–H groups in total. The van der Waals surface area contributed by atoms with Crippen LogP contribution < -0.4 is 10.1 Å². The molecule has 5 heteroatoms. The molecule has 116 valence electrons. The molecule has 0 saturated carbocycles. The molecule has 1 heterocycles. The molecule has 1 amide bonds. The smallest absolute Gasteiger partial charge is 0.253 e. The van der Waals surface area contributed by atoms with E-state index in [2.05, 4.69) is 21.6 Å². The number of hydrogen-bond donors (Lipinski definition) is 1. The average Bonchev–Trinajstić information content (AvgIpc) is 2.61. The molecule has 0 aliphatic carbocycles. The number of nitrogens with zero attached hydrogens (tertiary/aromatic N) is 2. The van der Waals surface area contributed by atoms with Gasteiger partial charge in [0.25, 0.3) is 5.91 Å². The van der Waals surface area contributed by atoms with Gasteiger partial charge in [0.1, 0.15) is 5.75 Å². The third kappa shape index (κ3) is 3.29. The van der Waals surface area contributed by atoms with Crippen LogP contribution in [0, 0.1) is 0 Å². The minimum atomic E-state index is -0.165. The van der Waals surface area contributed by atoms with E-state index < -0.39 is 0 Å². The molecular formula is C18H17N3O2. The number of ether oxygens (including phenoxy) is 1. The minimum Gasteiger partial charge on any atom is -0.497 e. The Labute approximate surface area is 134 Å². The molecule has 0 bridgehead atoms. The number of nitrogens with one attached hydrogen (secondary N) is 1. The molecule has 2 aromatic carbocycles. The fraction of sp³-hybridized carbons (Fsp3) is 0.167. The summed E-state index contributed by atoms with van der Waals surface area (Å²) in [5, 5.41) is 12.6. The standard InChI is InChI=1S/C18H17N3O2/c1-12(21-18(22)16-7-8-19-20-11-16)13-3-4-15-10-17(23-2)6-5-14(15)9-13/h3-12H,1-2H3,(H,21,22)/t12-/m1/s1. The number of hydrogen-bond acceptors (Lipinski definition) is 4. The summed E-state index contributed by atoms with van der Waals surface area (Å²) in [4.78, 5) is 12.2. The highest BCUT2D eigenvalue weighted by Crippen LogP contribution is 2.24. The first-order chi connectivity index (χ1) is 11.2. The van der Waals surface area contributed by atoms with Gasteiger partial charge in [0.15, 0.2) is 0 Å². The first-order valence-electron chi connectivity index (χ1n) is 7.32. The normalized spacial score (nSPS) is 11.9. The van der Waals surface area contributed by atoms with Crippen LogP contribution in [0.4, 0.5) is 0 Å². The average molecular weight is 307 g/mol. The number of carbonyl (C=O) groups excluding carboxylic acids is 1. The molecule has 1 atom stereocenters. The fourth-order valence-electron chi connectivity index (χ4n) is 2.43. The van der Waals surface area contributed by atoms with Crippen molar-refractivity contribution in [3.05, 3.63) is 66.0 Å². The predicted octanol–water partition coefficient (Wildman–Crippen LogP) is 3.13. The van der Waals surface area contributed by atoms with Gasteiger partial charge < -0.3 is 10.1 Å². The Morgan fingerprint density at radius 1 is 1.09 bits per heavy atom. The molecule has 3 aromatic rings. The molecule has 0 unspecified atom stereocenters. The van der Waals surface area contributed by atoms with Crippen molar-refractivity contribution in [1.82, 2.24) is 15.5 Å². The van der Waals surface area contributed by atoms with Gasteiger partial charge in [-0.1, -0.05) is 18.2 Å². The molecule has 0 radical (unpaired) electrons. The van der Waals surface area contributed by atoms with Gasteiger partial charge in [-0.2, -0.15) is 10.2 Å². The Hall–Kier alpha value is -2.95. The molecular weight excluding hydrogens is 290 g/mol. The summed E-state index contributed by atoms with van der Waals surface area (Å²) in [6.45, 7) is 1.96. The van der Waals surface area contributed by atoms with Crippen LogP contribution >= 0.6 is 0 Å². The van der Waals surface area contributed by atoms with E-state index in [1.54, 1.807) is 13.2 Å². The number of amides is 1. The maximum atomic E-state index is 12.2. The van der Waals surface area contributed by atoms with Gasteiger partial charge in [0.2, 0.25) is 0 Å². The predicted molar refractivity (Wildman–Crippen MR) is 88.4 cm³/mol. The van der Waals surface area contributed by atoms with Crippen LogP contribution in [0.2, 0.25) is 0 Å². The Kier molecular flexibility index (Phi) is 4.19. The van der Waals surface area contributed by atoms with E-state index in [4.69, 9.17) is 4.74 Å². The molecule has 0 aliphatic heterocycles. The van der Waals surface area contributed by atoms with Crippen molar-refractivity contribution in [2.24, 2.45) is 0 Å². The van der Waals surface area contributed by atoms with E-state index in [1.807, 2.05) is 37.3 Å².